The van der Waals surface area contributed by atoms with Crippen molar-refractivity contribution in [2.75, 3.05) is 13.7 Å². The van der Waals surface area contributed by atoms with E-state index in [2.05, 4.69) is 40.8 Å². The summed E-state index contributed by atoms with van der Waals surface area (Å²) in [6, 6.07) is 12.7. The SMILES string of the molecule is COc1ccc2c(c1)CCN1C3=C(C(=O)CC(C)(C)C3)C(=NNS(=O)(=O)c3ccc(C)cc3)C[C@@H]21. The van der Waals surface area contributed by atoms with Crippen LogP contribution in [0.2, 0.25) is 0 Å². The van der Waals surface area contributed by atoms with E-state index in [0.717, 1.165) is 36.4 Å². The monoisotopic (exact) mass is 493 g/mol. The Labute approximate surface area is 206 Å². The van der Waals surface area contributed by atoms with Crippen LogP contribution >= 0.6 is 0 Å². The molecule has 8 heteroatoms. The third-order valence-electron chi connectivity index (χ3n) is 7.21. The summed E-state index contributed by atoms with van der Waals surface area (Å²) in [5, 5.41) is 4.38. The fraction of sp³-hybridized carbons (Fsp3) is 0.407. The van der Waals surface area contributed by atoms with Crippen molar-refractivity contribution < 1.29 is 17.9 Å². The number of carbonyl (C=O) groups excluding carboxylic acids is 1. The average Bonchev–Trinajstić information content (AvgIpc) is 2.81. The van der Waals surface area contributed by atoms with E-state index in [1.54, 1.807) is 31.4 Å². The normalized spacial score (nSPS) is 22.4. The van der Waals surface area contributed by atoms with E-state index in [1.165, 1.54) is 11.1 Å². The number of ether oxygens (including phenoxy) is 1. The van der Waals surface area contributed by atoms with Crippen molar-refractivity contribution in [3.63, 3.8) is 0 Å². The van der Waals surface area contributed by atoms with Gasteiger partial charge in [-0.3, -0.25) is 4.79 Å². The van der Waals surface area contributed by atoms with Crippen molar-refractivity contribution in [2.24, 2.45) is 10.5 Å². The van der Waals surface area contributed by atoms with Gasteiger partial charge in [0.1, 0.15) is 5.75 Å². The van der Waals surface area contributed by atoms with Crippen LogP contribution in [0.5, 0.6) is 5.75 Å². The van der Waals surface area contributed by atoms with Crippen molar-refractivity contribution in [3.05, 3.63) is 70.4 Å². The fourth-order valence-electron chi connectivity index (χ4n) is 5.49. The fourth-order valence-corrected chi connectivity index (χ4v) is 6.32. The molecular weight excluding hydrogens is 462 g/mol. The maximum absolute atomic E-state index is 13.3. The molecule has 1 atom stereocenters. The number of nitrogens with zero attached hydrogens (tertiary/aromatic N) is 2. The first-order chi connectivity index (χ1) is 16.6. The largest absolute Gasteiger partial charge is 0.497 e. The summed E-state index contributed by atoms with van der Waals surface area (Å²) in [7, 11) is -2.19. The molecule has 1 aliphatic carbocycles. The van der Waals surface area contributed by atoms with Gasteiger partial charge >= 0.3 is 0 Å². The van der Waals surface area contributed by atoms with Crippen LogP contribution in [-0.2, 0) is 21.2 Å². The van der Waals surface area contributed by atoms with Gasteiger partial charge in [0.25, 0.3) is 10.0 Å². The van der Waals surface area contributed by atoms with Gasteiger partial charge in [-0.15, -0.1) is 0 Å². The number of hydrogen-bond acceptors (Lipinski definition) is 6. The predicted molar refractivity (Wildman–Crippen MR) is 135 cm³/mol. The van der Waals surface area contributed by atoms with Gasteiger partial charge in [0.05, 0.1) is 29.3 Å². The van der Waals surface area contributed by atoms with Crippen molar-refractivity contribution in [2.45, 2.75) is 57.4 Å². The molecular formula is C27H31N3O4S. The maximum atomic E-state index is 13.3. The van der Waals surface area contributed by atoms with E-state index in [4.69, 9.17) is 4.74 Å². The highest BCUT2D eigenvalue weighted by atomic mass is 32.2. The molecule has 0 saturated heterocycles. The minimum atomic E-state index is -3.85. The number of carbonyl (C=O) groups is 1. The molecule has 184 valence electrons. The molecule has 0 radical (unpaired) electrons. The van der Waals surface area contributed by atoms with Gasteiger partial charge in [-0.05, 0) is 60.6 Å². The minimum Gasteiger partial charge on any atom is -0.497 e. The number of fused-ring (bicyclic) bond motifs is 4. The first kappa shape index (κ1) is 23.6. The molecule has 7 nitrogen and oxygen atoms in total. The van der Waals surface area contributed by atoms with Gasteiger partial charge in [-0.1, -0.05) is 37.6 Å². The van der Waals surface area contributed by atoms with Gasteiger partial charge < -0.3 is 9.64 Å². The molecule has 5 rings (SSSR count). The first-order valence-corrected chi connectivity index (χ1v) is 13.4. The van der Waals surface area contributed by atoms with Crippen LogP contribution in [-0.4, -0.2) is 38.5 Å². The van der Waals surface area contributed by atoms with Crippen LogP contribution in [0, 0.1) is 12.3 Å². The lowest BCUT2D eigenvalue weighted by Gasteiger charge is -2.48. The summed E-state index contributed by atoms with van der Waals surface area (Å²) in [5.74, 6) is 0.852. The number of nitrogens with one attached hydrogen (secondary N) is 1. The molecule has 2 heterocycles. The third kappa shape index (κ3) is 4.35. The number of rotatable bonds is 4. The quantitative estimate of drug-likeness (QED) is 0.642. The summed E-state index contributed by atoms with van der Waals surface area (Å²) in [4.78, 5) is 18.2. The van der Waals surface area contributed by atoms with E-state index < -0.39 is 10.0 Å². The van der Waals surface area contributed by atoms with Gasteiger partial charge in [-0.2, -0.15) is 18.4 Å². The Morgan fingerprint density at radius 3 is 2.57 bits per heavy atom. The van der Waals surface area contributed by atoms with E-state index in [0.29, 0.717) is 24.1 Å². The number of hydrazone groups is 1. The molecule has 0 saturated carbocycles. The Morgan fingerprint density at radius 1 is 1.11 bits per heavy atom. The van der Waals surface area contributed by atoms with Crippen molar-refractivity contribution in [3.8, 4) is 5.75 Å². The lowest BCUT2D eigenvalue weighted by atomic mass is 9.71. The van der Waals surface area contributed by atoms with E-state index in [1.807, 2.05) is 13.0 Å². The molecule has 1 N–H and O–H groups in total. The van der Waals surface area contributed by atoms with Crippen LogP contribution in [0.1, 0.15) is 55.8 Å². The zero-order valence-corrected chi connectivity index (χ0v) is 21.4. The Kier molecular flexibility index (Phi) is 5.74. The van der Waals surface area contributed by atoms with Crippen LogP contribution < -0.4 is 9.57 Å². The van der Waals surface area contributed by atoms with Gasteiger partial charge in [0.15, 0.2) is 5.78 Å². The number of allylic oxidation sites excluding steroid dienone is 2. The van der Waals surface area contributed by atoms with Gasteiger partial charge in [0.2, 0.25) is 0 Å². The molecule has 2 aromatic carbocycles. The lowest BCUT2D eigenvalue weighted by Crippen LogP contribution is -2.46. The first-order valence-electron chi connectivity index (χ1n) is 11.9. The predicted octanol–water partition coefficient (Wildman–Crippen LogP) is 4.28. The van der Waals surface area contributed by atoms with Crippen LogP contribution in [0.15, 0.2) is 63.7 Å². The summed E-state index contributed by atoms with van der Waals surface area (Å²) in [6.45, 7) is 6.92. The molecule has 0 aromatic heterocycles. The second kappa shape index (κ2) is 8.52. The standard InChI is InChI=1S/C27H31N3O4S/c1-17-5-8-20(9-6-17)35(32,33)29-28-22-14-23-21-10-7-19(34-4)13-18(21)11-12-30(23)24-15-27(2,3)16-25(31)26(22)24/h5-10,13,23,29H,11-12,14-16H2,1-4H3/t23-/m0/s1. The number of aryl methyl sites for hydroxylation is 1. The van der Waals surface area contributed by atoms with Crippen LogP contribution in [0.25, 0.3) is 0 Å². The number of hydrogen-bond donors (Lipinski definition) is 1. The van der Waals surface area contributed by atoms with Crippen molar-refractivity contribution in [1.82, 2.24) is 9.73 Å². The maximum Gasteiger partial charge on any atom is 0.276 e. The van der Waals surface area contributed by atoms with E-state index >= 15 is 0 Å². The number of ketones is 1. The molecule has 0 amide bonds. The van der Waals surface area contributed by atoms with E-state index in [-0.39, 0.29) is 22.1 Å². The summed E-state index contributed by atoms with van der Waals surface area (Å²) >= 11 is 0. The van der Waals surface area contributed by atoms with Crippen molar-refractivity contribution in [1.29, 1.82) is 0 Å². The molecule has 2 aromatic rings. The minimum absolute atomic E-state index is 0.00673. The number of sulfonamides is 1. The third-order valence-corrected chi connectivity index (χ3v) is 8.44. The molecule has 3 aliphatic rings. The second-order valence-corrected chi connectivity index (χ2v) is 12.1. The number of benzene rings is 2. The van der Waals surface area contributed by atoms with Crippen LogP contribution in [0.4, 0.5) is 0 Å². The van der Waals surface area contributed by atoms with E-state index in [9.17, 15) is 13.2 Å². The smallest absolute Gasteiger partial charge is 0.276 e. The number of methoxy groups -OCH3 is 1. The average molecular weight is 494 g/mol. The topological polar surface area (TPSA) is 88.1 Å². The Hall–Kier alpha value is -3.13. The second-order valence-electron chi connectivity index (χ2n) is 10.5. The zero-order valence-electron chi connectivity index (χ0n) is 20.6. The highest BCUT2D eigenvalue weighted by Crippen LogP contribution is 2.48. The molecule has 0 spiro atoms. The zero-order chi connectivity index (χ0) is 25.0. The Balaban J connectivity index is 1.57. The Morgan fingerprint density at radius 2 is 1.86 bits per heavy atom. The molecule has 2 aliphatic heterocycles. The summed E-state index contributed by atoms with van der Waals surface area (Å²) in [5.41, 5.74) is 5.29. The molecule has 0 bridgehead atoms. The molecule has 0 unspecified atom stereocenters. The van der Waals surface area contributed by atoms with Gasteiger partial charge in [0, 0.05) is 25.1 Å². The van der Waals surface area contributed by atoms with Crippen LogP contribution in [0.3, 0.4) is 0 Å². The molecule has 0 fully saturated rings. The Bertz CT molecular complexity index is 1360. The van der Waals surface area contributed by atoms with Crippen molar-refractivity contribution >= 4 is 21.5 Å². The van der Waals surface area contributed by atoms with Gasteiger partial charge in [-0.25, -0.2) is 0 Å². The highest BCUT2D eigenvalue weighted by molar-refractivity contribution is 7.89. The highest BCUT2D eigenvalue weighted by Gasteiger charge is 2.44. The lowest BCUT2D eigenvalue weighted by molar-refractivity contribution is -0.118. The summed E-state index contributed by atoms with van der Waals surface area (Å²) in [6.07, 6.45) is 2.49. The molecule has 35 heavy (non-hydrogen) atoms. The number of Topliss-reactive ketones (excluding diaryl/α,β-unsaturated/α-hetero) is 1. The summed E-state index contributed by atoms with van der Waals surface area (Å²) < 4.78 is 31.3.